The minimum atomic E-state index is -0.683. The van der Waals surface area contributed by atoms with E-state index in [2.05, 4.69) is 16.2 Å². The van der Waals surface area contributed by atoms with Gasteiger partial charge in [0.05, 0.1) is 6.20 Å². The van der Waals surface area contributed by atoms with Crippen molar-refractivity contribution < 1.29 is 9.90 Å². The van der Waals surface area contributed by atoms with E-state index in [0.29, 0.717) is 6.04 Å². The SMILES string of the molecule is Cn1cc(CCN2CCCCC2CCC(=O)O)cn1. The van der Waals surface area contributed by atoms with E-state index in [-0.39, 0.29) is 6.42 Å². The number of carboxylic acids is 1. The number of rotatable bonds is 6. The molecule has 1 atom stereocenters. The topological polar surface area (TPSA) is 58.4 Å². The van der Waals surface area contributed by atoms with Gasteiger partial charge in [-0.2, -0.15) is 5.10 Å². The van der Waals surface area contributed by atoms with Crippen molar-refractivity contribution in [1.29, 1.82) is 0 Å². The summed E-state index contributed by atoms with van der Waals surface area (Å²) in [6.45, 7) is 2.11. The molecule has 1 fully saturated rings. The third-order valence-corrected chi connectivity index (χ3v) is 3.89. The molecule has 0 saturated carbocycles. The molecule has 2 heterocycles. The van der Waals surface area contributed by atoms with Gasteiger partial charge in [0.25, 0.3) is 0 Å². The molecule has 5 heteroatoms. The maximum atomic E-state index is 10.7. The summed E-state index contributed by atoms with van der Waals surface area (Å²) in [5.74, 6) is -0.683. The molecule has 1 N–H and O–H groups in total. The fraction of sp³-hybridized carbons (Fsp3) is 0.714. The molecule has 1 unspecified atom stereocenters. The van der Waals surface area contributed by atoms with Crippen molar-refractivity contribution in [2.45, 2.75) is 44.6 Å². The molecule has 19 heavy (non-hydrogen) atoms. The van der Waals surface area contributed by atoms with Gasteiger partial charge in [-0.15, -0.1) is 0 Å². The Morgan fingerprint density at radius 3 is 3.05 bits per heavy atom. The minimum absolute atomic E-state index is 0.286. The van der Waals surface area contributed by atoms with Crippen LogP contribution in [0.3, 0.4) is 0 Å². The minimum Gasteiger partial charge on any atom is -0.481 e. The maximum Gasteiger partial charge on any atom is 0.303 e. The van der Waals surface area contributed by atoms with Gasteiger partial charge in [-0.25, -0.2) is 0 Å². The first-order valence-corrected chi connectivity index (χ1v) is 7.08. The molecule has 0 amide bonds. The second-order valence-corrected chi connectivity index (χ2v) is 5.39. The predicted octanol–water partition coefficient (Wildman–Crippen LogP) is 1.68. The molecule has 1 aromatic rings. The third kappa shape index (κ3) is 4.35. The fourth-order valence-corrected chi connectivity index (χ4v) is 2.85. The van der Waals surface area contributed by atoms with Gasteiger partial charge in [-0.1, -0.05) is 6.42 Å². The molecule has 0 bridgehead atoms. The number of carbonyl (C=O) groups is 1. The highest BCUT2D eigenvalue weighted by molar-refractivity contribution is 5.66. The average molecular weight is 265 g/mol. The number of hydrogen-bond donors (Lipinski definition) is 1. The highest BCUT2D eigenvalue weighted by Gasteiger charge is 2.22. The molecular weight excluding hydrogens is 242 g/mol. The number of hydrogen-bond acceptors (Lipinski definition) is 3. The van der Waals surface area contributed by atoms with Crippen molar-refractivity contribution in [2.24, 2.45) is 7.05 Å². The van der Waals surface area contributed by atoms with Gasteiger partial charge in [0, 0.05) is 32.3 Å². The van der Waals surface area contributed by atoms with E-state index in [1.54, 1.807) is 0 Å². The molecule has 0 radical (unpaired) electrons. The van der Waals surface area contributed by atoms with Crippen molar-refractivity contribution in [1.82, 2.24) is 14.7 Å². The third-order valence-electron chi connectivity index (χ3n) is 3.89. The van der Waals surface area contributed by atoms with E-state index in [1.165, 1.54) is 18.4 Å². The zero-order chi connectivity index (χ0) is 13.7. The van der Waals surface area contributed by atoms with Crippen molar-refractivity contribution in [2.75, 3.05) is 13.1 Å². The Morgan fingerprint density at radius 2 is 2.37 bits per heavy atom. The summed E-state index contributed by atoms with van der Waals surface area (Å²) in [6, 6.07) is 0.446. The van der Waals surface area contributed by atoms with Crippen molar-refractivity contribution in [3.05, 3.63) is 18.0 Å². The molecule has 1 aromatic heterocycles. The molecule has 1 aliphatic heterocycles. The number of nitrogens with zero attached hydrogens (tertiary/aromatic N) is 3. The van der Waals surface area contributed by atoms with Crippen LogP contribution in [0.2, 0.25) is 0 Å². The van der Waals surface area contributed by atoms with Gasteiger partial charge in [0.2, 0.25) is 0 Å². The van der Waals surface area contributed by atoms with Gasteiger partial charge in [-0.05, 0) is 37.8 Å². The molecule has 0 aliphatic carbocycles. The van der Waals surface area contributed by atoms with Crippen LogP contribution in [0, 0.1) is 0 Å². The lowest BCUT2D eigenvalue weighted by molar-refractivity contribution is -0.137. The molecule has 2 rings (SSSR count). The van der Waals surface area contributed by atoms with E-state index < -0.39 is 5.97 Å². The van der Waals surface area contributed by atoms with E-state index in [9.17, 15) is 4.79 Å². The van der Waals surface area contributed by atoms with E-state index >= 15 is 0 Å². The van der Waals surface area contributed by atoms with Crippen molar-refractivity contribution in [3.8, 4) is 0 Å². The Hall–Kier alpha value is -1.36. The van der Waals surface area contributed by atoms with Crippen LogP contribution >= 0.6 is 0 Å². The van der Waals surface area contributed by atoms with Crippen LogP contribution in [-0.4, -0.2) is 44.9 Å². The van der Waals surface area contributed by atoms with Gasteiger partial charge in [0.1, 0.15) is 0 Å². The molecular formula is C14H23N3O2. The summed E-state index contributed by atoms with van der Waals surface area (Å²) in [7, 11) is 1.93. The molecule has 5 nitrogen and oxygen atoms in total. The Balaban J connectivity index is 1.83. The lowest BCUT2D eigenvalue weighted by Gasteiger charge is -2.35. The first-order valence-electron chi connectivity index (χ1n) is 7.08. The second kappa shape index (κ2) is 6.70. The summed E-state index contributed by atoms with van der Waals surface area (Å²) in [4.78, 5) is 13.2. The normalized spacial score (nSPS) is 20.6. The Kier molecular flexibility index (Phi) is 4.96. The highest BCUT2D eigenvalue weighted by Crippen LogP contribution is 2.21. The largest absolute Gasteiger partial charge is 0.481 e. The van der Waals surface area contributed by atoms with Gasteiger partial charge >= 0.3 is 5.97 Å². The van der Waals surface area contributed by atoms with Crippen LogP contribution in [-0.2, 0) is 18.3 Å². The van der Waals surface area contributed by atoms with Gasteiger partial charge in [-0.3, -0.25) is 9.48 Å². The Labute approximate surface area is 114 Å². The maximum absolute atomic E-state index is 10.7. The first kappa shape index (κ1) is 14.1. The van der Waals surface area contributed by atoms with Crippen molar-refractivity contribution >= 4 is 5.97 Å². The lowest BCUT2D eigenvalue weighted by atomic mass is 9.97. The molecule has 0 aromatic carbocycles. The zero-order valence-corrected chi connectivity index (χ0v) is 11.6. The Bertz CT molecular complexity index is 417. The zero-order valence-electron chi connectivity index (χ0n) is 11.6. The number of aromatic nitrogens is 2. The number of piperidine rings is 1. The molecule has 0 spiro atoms. The van der Waals surface area contributed by atoms with Gasteiger partial charge < -0.3 is 10.0 Å². The smallest absolute Gasteiger partial charge is 0.303 e. The summed E-state index contributed by atoms with van der Waals surface area (Å²) in [5.41, 5.74) is 1.25. The standard InChI is InChI=1S/C14H23N3O2/c1-16-11-12(10-15-16)7-9-17-8-3-2-4-13(17)5-6-14(18)19/h10-11,13H,2-9H2,1H3,(H,18,19). The van der Waals surface area contributed by atoms with Crippen LogP contribution in [0.15, 0.2) is 12.4 Å². The number of aryl methyl sites for hydroxylation is 1. The van der Waals surface area contributed by atoms with E-state index in [4.69, 9.17) is 5.11 Å². The van der Waals surface area contributed by atoms with Crippen LogP contribution in [0.25, 0.3) is 0 Å². The molecule has 106 valence electrons. The lowest BCUT2D eigenvalue weighted by Crippen LogP contribution is -2.40. The number of carboxylic acid groups (broad SMARTS) is 1. The summed E-state index contributed by atoms with van der Waals surface area (Å²) < 4.78 is 1.83. The quantitative estimate of drug-likeness (QED) is 0.850. The molecule has 1 aliphatic rings. The Morgan fingerprint density at radius 1 is 1.53 bits per heavy atom. The number of aliphatic carboxylic acids is 1. The van der Waals surface area contributed by atoms with Crippen LogP contribution < -0.4 is 0 Å². The summed E-state index contributed by atoms with van der Waals surface area (Å²) in [5, 5.41) is 13.0. The van der Waals surface area contributed by atoms with Crippen molar-refractivity contribution in [3.63, 3.8) is 0 Å². The molecule has 1 saturated heterocycles. The monoisotopic (exact) mass is 265 g/mol. The summed E-state index contributed by atoms with van der Waals surface area (Å²) in [6.07, 6.45) is 9.63. The fourth-order valence-electron chi connectivity index (χ4n) is 2.85. The van der Waals surface area contributed by atoms with Crippen LogP contribution in [0.1, 0.15) is 37.7 Å². The van der Waals surface area contributed by atoms with E-state index in [0.717, 1.165) is 32.4 Å². The first-order chi connectivity index (χ1) is 9.15. The average Bonchev–Trinajstić information content (AvgIpc) is 2.80. The van der Waals surface area contributed by atoms with E-state index in [1.807, 2.05) is 17.9 Å². The highest BCUT2D eigenvalue weighted by atomic mass is 16.4. The van der Waals surface area contributed by atoms with Crippen LogP contribution in [0.4, 0.5) is 0 Å². The van der Waals surface area contributed by atoms with Crippen LogP contribution in [0.5, 0.6) is 0 Å². The predicted molar refractivity (Wildman–Crippen MR) is 73.0 cm³/mol. The number of likely N-dealkylation sites (tertiary alicyclic amines) is 1. The van der Waals surface area contributed by atoms with Gasteiger partial charge in [0.15, 0.2) is 0 Å². The summed E-state index contributed by atoms with van der Waals surface area (Å²) >= 11 is 0. The second-order valence-electron chi connectivity index (χ2n) is 5.39.